The maximum absolute atomic E-state index is 15.3. The van der Waals surface area contributed by atoms with Crippen molar-refractivity contribution < 1.29 is 9.18 Å². The van der Waals surface area contributed by atoms with Crippen molar-refractivity contribution >= 4 is 11.6 Å². The highest BCUT2D eigenvalue weighted by molar-refractivity contribution is 5.99. The third-order valence-electron chi connectivity index (χ3n) is 7.55. The number of anilines is 1. The molecule has 2 atom stereocenters. The van der Waals surface area contributed by atoms with Crippen LogP contribution in [0.2, 0.25) is 0 Å². The van der Waals surface area contributed by atoms with Crippen molar-refractivity contribution in [3.8, 4) is 17.2 Å². The summed E-state index contributed by atoms with van der Waals surface area (Å²) < 4.78 is 15.3. The van der Waals surface area contributed by atoms with Crippen LogP contribution in [0.1, 0.15) is 48.3 Å². The van der Waals surface area contributed by atoms with Gasteiger partial charge in [-0.25, -0.2) is 4.39 Å². The zero-order valence-electron chi connectivity index (χ0n) is 22.5. The standard InChI is InChI=1S/C31H35FN6O/c1-21-18-37(19-22(2)35-21)20-25-9-8-24(16-29(25)32)28-7-4-12-34-30(28)31(39)38-13-10-26(11-14-38)36-27-6-3-5-23(15-27)17-33/h3-9,12,15-16,21-22,26,35-36H,10-11,13-14,18-20H2,1-2H3/t21-,22+. The van der Waals surface area contributed by atoms with Crippen LogP contribution >= 0.6 is 0 Å². The molecule has 8 heteroatoms. The number of nitrogens with one attached hydrogen (secondary N) is 2. The molecule has 2 saturated heterocycles. The van der Waals surface area contributed by atoms with Crippen LogP contribution in [0.3, 0.4) is 0 Å². The van der Waals surface area contributed by atoms with E-state index in [1.165, 1.54) is 6.07 Å². The minimum atomic E-state index is -0.263. The van der Waals surface area contributed by atoms with Gasteiger partial charge in [-0.15, -0.1) is 0 Å². The number of amides is 1. The average Bonchev–Trinajstić information content (AvgIpc) is 2.94. The third-order valence-corrected chi connectivity index (χ3v) is 7.55. The SMILES string of the molecule is C[C@@H]1CN(Cc2ccc(-c3cccnc3C(=O)N3CCC(Nc4cccc(C#N)c4)CC3)cc2F)C[C@H](C)N1. The van der Waals surface area contributed by atoms with Gasteiger partial charge in [-0.3, -0.25) is 14.7 Å². The number of piperidine rings is 1. The molecule has 39 heavy (non-hydrogen) atoms. The molecule has 5 rings (SSSR count). The Labute approximate surface area is 229 Å². The van der Waals surface area contributed by atoms with E-state index in [1.54, 1.807) is 18.3 Å². The van der Waals surface area contributed by atoms with Gasteiger partial charge in [0.25, 0.3) is 5.91 Å². The van der Waals surface area contributed by atoms with Gasteiger partial charge in [0, 0.05) is 73.9 Å². The number of nitriles is 1. The first kappa shape index (κ1) is 26.8. The number of piperazine rings is 1. The van der Waals surface area contributed by atoms with E-state index in [9.17, 15) is 4.79 Å². The maximum atomic E-state index is 15.3. The van der Waals surface area contributed by atoms with Gasteiger partial charge in [0.05, 0.1) is 11.6 Å². The Morgan fingerprint density at radius 2 is 1.87 bits per heavy atom. The van der Waals surface area contributed by atoms with Crippen molar-refractivity contribution in [2.45, 2.75) is 51.4 Å². The molecule has 0 bridgehead atoms. The second-order valence-corrected chi connectivity index (χ2v) is 10.8. The van der Waals surface area contributed by atoms with E-state index in [0.717, 1.165) is 31.6 Å². The molecule has 0 aliphatic carbocycles. The smallest absolute Gasteiger partial charge is 0.273 e. The van der Waals surface area contributed by atoms with Crippen molar-refractivity contribution in [1.82, 2.24) is 20.1 Å². The first-order valence-electron chi connectivity index (χ1n) is 13.7. The molecule has 1 aromatic heterocycles. The van der Waals surface area contributed by atoms with E-state index in [4.69, 9.17) is 5.26 Å². The summed E-state index contributed by atoms with van der Waals surface area (Å²) in [6, 6.07) is 19.4. The number of likely N-dealkylation sites (tertiary alicyclic amines) is 1. The molecule has 3 aromatic rings. The van der Waals surface area contributed by atoms with Gasteiger partial charge in [0.15, 0.2) is 0 Å². The molecule has 2 aromatic carbocycles. The lowest BCUT2D eigenvalue weighted by atomic mass is 9.99. The second-order valence-electron chi connectivity index (χ2n) is 10.8. The van der Waals surface area contributed by atoms with Gasteiger partial charge >= 0.3 is 0 Å². The van der Waals surface area contributed by atoms with Crippen LogP contribution < -0.4 is 10.6 Å². The van der Waals surface area contributed by atoms with E-state index in [0.29, 0.717) is 59.7 Å². The number of pyridine rings is 1. The maximum Gasteiger partial charge on any atom is 0.273 e. The highest BCUT2D eigenvalue weighted by Crippen LogP contribution is 2.27. The Hall–Kier alpha value is -3.80. The van der Waals surface area contributed by atoms with Crippen LogP contribution in [0.15, 0.2) is 60.8 Å². The number of nitrogens with zero attached hydrogens (tertiary/aromatic N) is 4. The summed E-state index contributed by atoms with van der Waals surface area (Å²) in [6.45, 7) is 7.81. The molecule has 0 saturated carbocycles. The predicted octanol–water partition coefficient (Wildman–Crippen LogP) is 4.66. The highest BCUT2D eigenvalue weighted by atomic mass is 19.1. The Morgan fingerprint density at radius 3 is 2.59 bits per heavy atom. The van der Waals surface area contributed by atoms with E-state index < -0.39 is 0 Å². The van der Waals surface area contributed by atoms with E-state index >= 15 is 4.39 Å². The van der Waals surface area contributed by atoms with Crippen LogP contribution in [0, 0.1) is 17.1 Å². The minimum absolute atomic E-state index is 0.135. The Bertz CT molecular complexity index is 1350. The van der Waals surface area contributed by atoms with Crippen LogP contribution in [0.25, 0.3) is 11.1 Å². The lowest BCUT2D eigenvalue weighted by Gasteiger charge is -2.36. The molecule has 2 N–H and O–H groups in total. The first-order valence-corrected chi connectivity index (χ1v) is 13.7. The predicted molar refractivity (Wildman–Crippen MR) is 151 cm³/mol. The van der Waals surface area contributed by atoms with Gasteiger partial charge in [0.2, 0.25) is 0 Å². The number of halogens is 1. The summed E-state index contributed by atoms with van der Waals surface area (Å²) in [7, 11) is 0. The second kappa shape index (κ2) is 11.9. The topological polar surface area (TPSA) is 84.3 Å². The number of benzene rings is 2. The Balaban J connectivity index is 1.25. The van der Waals surface area contributed by atoms with Crippen molar-refractivity contribution in [3.63, 3.8) is 0 Å². The molecule has 1 amide bonds. The van der Waals surface area contributed by atoms with Crippen molar-refractivity contribution in [1.29, 1.82) is 5.26 Å². The summed E-state index contributed by atoms with van der Waals surface area (Å²) in [6.07, 6.45) is 3.19. The van der Waals surface area contributed by atoms with Crippen molar-refractivity contribution in [3.05, 3.63) is 83.4 Å². The van der Waals surface area contributed by atoms with Gasteiger partial charge in [-0.2, -0.15) is 5.26 Å². The van der Waals surface area contributed by atoms with Crippen LogP contribution in [0.5, 0.6) is 0 Å². The number of carbonyl (C=O) groups is 1. The van der Waals surface area contributed by atoms with Gasteiger partial charge < -0.3 is 15.5 Å². The molecule has 2 aliphatic heterocycles. The molecule has 0 radical (unpaired) electrons. The number of hydrogen-bond acceptors (Lipinski definition) is 6. The molecule has 7 nitrogen and oxygen atoms in total. The quantitative estimate of drug-likeness (QED) is 0.486. The largest absolute Gasteiger partial charge is 0.382 e. The number of carbonyl (C=O) groups excluding carboxylic acids is 1. The summed E-state index contributed by atoms with van der Waals surface area (Å²) in [5.74, 6) is -0.398. The summed E-state index contributed by atoms with van der Waals surface area (Å²) in [5.41, 5.74) is 3.84. The van der Waals surface area contributed by atoms with Crippen LogP contribution in [0.4, 0.5) is 10.1 Å². The fraction of sp³-hybridized carbons (Fsp3) is 0.387. The van der Waals surface area contributed by atoms with Gasteiger partial charge in [0.1, 0.15) is 11.5 Å². The number of rotatable bonds is 6. The summed E-state index contributed by atoms with van der Waals surface area (Å²) in [4.78, 5) is 22.0. The summed E-state index contributed by atoms with van der Waals surface area (Å²) in [5, 5.41) is 16.1. The molecule has 202 valence electrons. The van der Waals surface area contributed by atoms with Gasteiger partial charge in [-0.05, 0) is 62.6 Å². The lowest BCUT2D eigenvalue weighted by molar-refractivity contribution is 0.0713. The van der Waals surface area contributed by atoms with E-state index in [-0.39, 0.29) is 17.8 Å². The molecule has 0 spiro atoms. The Kier molecular flexibility index (Phi) is 8.20. The molecule has 2 fully saturated rings. The van der Waals surface area contributed by atoms with Crippen LogP contribution in [-0.4, -0.2) is 65.0 Å². The monoisotopic (exact) mass is 526 g/mol. The van der Waals surface area contributed by atoms with Gasteiger partial charge in [-0.1, -0.05) is 24.3 Å². The highest BCUT2D eigenvalue weighted by Gasteiger charge is 2.27. The molecule has 2 aliphatic rings. The third kappa shape index (κ3) is 6.44. The van der Waals surface area contributed by atoms with Crippen LogP contribution in [-0.2, 0) is 6.54 Å². The normalized spacial score (nSPS) is 20.4. The fourth-order valence-electron chi connectivity index (χ4n) is 5.75. The molecule has 3 heterocycles. The molecular weight excluding hydrogens is 491 g/mol. The average molecular weight is 527 g/mol. The van der Waals surface area contributed by atoms with Crippen molar-refractivity contribution in [2.75, 3.05) is 31.5 Å². The van der Waals surface area contributed by atoms with E-state index in [2.05, 4.69) is 40.4 Å². The molecular formula is C31H35FN6O. The lowest BCUT2D eigenvalue weighted by Crippen LogP contribution is -2.53. The number of aromatic nitrogens is 1. The zero-order chi connectivity index (χ0) is 27.4. The summed E-state index contributed by atoms with van der Waals surface area (Å²) >= 11 is 0. The molecule has 0 unspecified atom stereocenters. The first-order chi connectivity index (χ1) is 18.9. The van der Waals surface area contributed by atoms with Crippen molar-refractivity contribution in [2.24, 2.45) is 0 Å². The fourth-order valence-corrected chi connectivity index (χ4v) is 5.75. The zero-order valence-corrected chi connectivity index (χ0v) is 22.5. The minimum Gasteiger partial charge on any atom is -0.382 e. The Morgan fingerprint density at radius 1 is 1.10 bits per heavy atom. The van der Waals surface area contributed by atoms with E-state index in [1.807, 2.05) is 41.3 Å². The number of hydrogen-bond donors (Lipinski definition) is 2.